The quantitative estimate of drug-likeness (QED) is 0.792. The number of carbonyl (C=O) groups is 1. The Kier molecular flexibility index (Phi) is 5.18. The van der Waals surface area contributed by atoms with Gasteiger partial charge in [0.05, 0.1) is 11.1 Å². The summed E-state index contributed by atoms with van der Waals surface area (Å²) in [5.41, 5.74) is 1.57. The van der Waals surface area contributed by atoms with Crippen molar-refractivity contribution in [1.29, 1.82) is 0 Å². The highest BCUT2D eigenvalue weighted by molar-refractivity contribution is 5.80. The molecule has 0 atom stereocenters. The lowest BCUT2D eigenvalue weighted by molar-refractivity contribution is -0.137. The molecule has 3 N–H and O–H groups in total. The number of carbonyl (C=O) groups excluding carboxylic acids is 1. The molecule has 0 aliphatic rings. The van der Waals surface area contributed by atoms with E-state index in [0.717, 1.165) is 6.07 Å². The van der Waals surface area contributed by atoms with Crippen molar-refractivity contribution >= 4 is 5.91 Å². The second-order valence-corrected chi connectivity index (χ2v) is 7.01. The van der Waals surface area contributed by atoms with E-state index in [0.29, 0.717) is 6.07 Å². The Labute approximate surface area is 152 Å². The van der Waals surface area contributed by atoms with E-state index in [9.17, 15) is 22.8 Å². The Morgan fingerprint density at radius 3 is 2.30 bits per heavy atom. The second-order valence-electron chi connectivity index (χ2n) is 7.01. The number of rotatable bonds is 4. The average molecular weight is 385 g/mol. The molecule has 2 aromatic rings. The normalized spacial score (nSPS) is 12.3. The van der Waals surface area contributed by atoms with Gasteiger partial charge in [-0.25, -0.2) is 9.37 Å². The van der Waals surface area contributed by atoms with Gasteiger partial charge in [-0.3, -0.25) is 9.59 Å². The van der Waals surface area contributed by atoms with Crippen molar-refractivity contribution in [2.24, 2.45) is 11.1 Å². The summed E-state index contributed by atoms with van der Waals surface area (Å²) < 4.78 is 55.4. The molecule has 1 aromatic heterocycles. The summed E-state index contributed by atoms with van der Waals surface area (Å²) in [7, 11) is 0. The Balaban J connectivity index is 2.79. The van der Waals surface area contributed by atoms with E-state index in [1.807, 2.05) is 0 Å². The number of aromatic amines is 1. The third-order valence-electron chi connectivity index (χ3n) is 4.46. The van der Waals surface area contributed by atoms with E-state index >= 15 is 4.39 Å². The molecule has 9 heteroatoms. The molecule has 0 saturated carbocycles. The van der Waals surface area contributed by atoms with Crippen LogP contribution in [0.1, 0.15) is 36.2 Å². The van der Waals surface area contributed by atoms with Crippen LogP contribution in [-0.4, -0.2) is 15.9 Å². The summed E-state index contributed by atoms with van der Waals surface area (Å²) in [4.78, 5) is 29.6. The van der Waals surface area contributed by atoms with Crippen molar-refractivity contribution < 1.29 is 22.4 Å². The van der Waals surface area contributed by atoms with Crippen molar-refractivity contribution in [3.8, 4) is 11.4 Å². The number of nitrogens with one attached hydrogen (secondary N) is 1. The van der Waals surface area contributed by atoms with E-state index in [1.165, 1.54) is 27.7 Å². The van der Waals surface area contributed by atoms with Gasteiger partial charge in [-0.15, -0.1) is 0 Å². The molecule has 0 aliphatic heterocycles. The van der Waals surface area contributed by atoms with Gasteiger partial charge in [0.15, 0.2) is 0 Å². The van der Waals surface area contributed by atoms with Crippen molar-refractivity contribution in [2.75, 3.05) is 0 Å². The number of aromatic nitrogens is 2. The molecule has 0 bridgehead atoms. The predicted molar refractivity (Wildman–Crippen MR) is 91.4 cm³/mol. The lowest BCUT2D eigenvalue weighted by atomic mass is 9.84. The van der Waals surface area contributed by atoms with Gasteiger partial charge in [0.1, 0.15) is 11.6 Å². The number of amides is 1. The Bertz CT molecular complexity index is 962. The van der Waals surface area contributed by atoms with E-state index in [2.05, 4.69) is 9.97 Å². The fraction of sp³-hybridized carbons (Fsp3) is 0.389. The van der Waals surface area contributed by atoms with E-state index in [1.54, 1.807) is 0 Å². The van der Waals surface area contributed by atoms with Crippen LogP contribution in [0, 0.1) is 25.1 Å². The first kappa shape index (κ1) is 20.6. The number of H-pyrrole nitrogens is 1. The zero-order valence-corrected chi connectivity index (χ0v) is 15.2. The maximum Gasteiger partial charge on any atom is 0.417 e. The standard InChI is InChI=1S/C18H19F4N3O2/c1-8-9(2)24-14(25-15(8)26)12-11(18(20,21)22)6-5-10(13(12)19)7-17(3,4)16(23)27/h5-6H,7H2,1-4H3,(H2,23,27)(H,24,25,26). The molecule has 1 heterocycles. The summed E-state index contributed by atoms with van der Waals surface area (Å²) in [5.74, 6) is -2.45. The number of aryl methyl sites for hydroxylation is 1. The van der Waals surface area contributed by atoms with Gasteiger partial charge in [0.25, 0.3) is 5.56 Å². The van der Waals surface area contributed by atoms with Crippen molar-refractivity contribution in [1.82, 2.24) is 9.97 Å². The zero-order chi connectivity index (χ0) is 20.7. The van der Waals surface area contributed by atoms with E-state index < -0.39 is 45.8 Å². The molecular weight excluding hydrogens is 366 g/mol. The fourth-order valence-electron chi connectivity index (χ4n) is 2.55. The third-order valence-corrected chi connectivity index (χ3v) is 4.46. The van der Waals surface area contributed by atoms with Crippen molar-refractivity contribution in [2.45, 2.75) is 40.3 Å². The molecule has 0 saturated heterocycles. The van der Waals surface area contributed by atoms with Gasteiger partial charge >= 0.3 is 6.18 Å². The Morgan fingerprint density at radius 1 is 1.22 bits per heavy atom. The van der Waals surface area contributed by atoms with Gasteiger partial charge in [-0.2, -0.15) is 13.2 Å². The number of alkyl halides is 3. The second kappa shape index (κ2) is 6.79. The molecule has 0 fully saturated rings. The number of hydrogen-bond donors (Lipinski definition) is 2. The average Bonchev–Trinajstić information content (AvgIpc) is 2.52. The molecule has 2 rings (SSSR count). The fourth-order valence-corrected chi connectivity index (χ4v) is 2.55. The maximum absolute atomic E-state index is 15.1. The molecule has 1 amide bonds. The van der Waals surface area contributed by atoms with Crippen LogP contribution in [0.2, 0.25) is 0 Å². The summed E-state index contributed by atoms with van der Waals surface area (Å²) in [6.45, 7) is 5.82. The number of halogens is 4. The van der Waals surface area contributed by atoms with Crippen LogP contribution in [0.3, 0.4) is 0 Å². The Morgan fingerprint density at radius 2 is 1.81 bits per heavy atom. The third kappa shape index (κ3) is 4.01. The van der Waals surface area contributed by atoms with E-state index in [4.69, 9.17) is 5.73 Å². The van der Waals surface area contributed by atoms with Crippen molar-refractivity contribution in [3.63, 3.8) is 0 Å². The molecule has 0 spiro atoms. The predicted octanol–water partition coefficient (Wildman–Crippen LogP) is 3.27. The lowest BCUT2D eigenvalue weighted by Gasteiger charge is -2.22. The van der Waals surface area contributed by atoms with Crippen LogP contribution < -0.4 is 11.3 Å². The Hall–Kier alpha value is -2.71. The molecule has 146 valence electrons. The highest BCUT2D eigenvalue weighted by Gasteiger charge is 2.37. The molecule has 27 heavy (non-hydrogen) atoms. The molecule has 0 unspecified atom stereocenters. The number of benzene rings is 1. The van der Waals surface area contributed by atoms with Crippen LogP contribution in [0.5, 0.6) is 0 Å². The zero-order valence-electron chi connectivity index (χ0n) is 15.2. The first-order valence-corrected chi connectivity index (χ1v) is 8.02. The van der Waals surface area contributed by atoms with Gasteiger partial charge < -0.3 is 10.7 Å². The van der Waals surface area contributed by atoms with Crippen LogP contribution >= 0.6 is 0 Å². The van der Waals surface area contributed by atoms with Crippen LogP contribution in [0.15, 0.2) is 16.9 Å². The monoisotopic (exact) mass is 385 g/mol. The molecule has 0 radical (unpaired) electrons. The van der Waals surface area contributed by atoms with Gasteiger partial charge in [-0.05, 0) is 31.9 Å². The molecule has 0 aliphatic carbocycles. The molecule has 1 aromatic carbocycles. The van der Waals surface area contributed by atoms with Gasteiger partial charge in [0, 0.05) is 16.7 Å². The highest BCUT2D eigenvalue weighted by atomic mass is 19.4. The minimum absolute atomic E-state index is 0.136. The first-order valence-electron chi connectivity index (χ1n) is 8.02. The number of primary amides is 1. The minimum atomic E-state index is -4.87. The summed E-state index contributed by atoms with van der Waals surface area (Å²) >= 11 is 0. The maximum atomic E-state index is 15.1. The van der Waals surface area contributed by atoms with Crippen molar-refractivity contribution in [3.05, 3.63) is 50.7 Å². The minimum Gasteiger partial charge on any atom is -0.369 e. The summed E-state index contributed by atoms with van der Waals surface area (Å²) in [6.07, 6.45) is -5.08. The number of hydrogen-bond acceptors (Lipinski definition) is 3. The van der Waals surface area contributed by atoms with E-state index in [-0.39, 0.29) is 23.2 Å². The lowest BCUT2D eigenvalue weighted by Crippen LogP contribution is -2.33. The van der Waals surface area contributed by atoms with Gasteiger partial charge in [0.2, 0.25) is 5.91 Å². The highest BCUT2D eigenvalue weighted by Crippen LogP contribution is 2.39. The molecule has 5 nitrogen and oxygen atoms in total. The number of nitrogens with two attached hydrogens (primary N) is 1. The molecular formula is C18H19F4N3O2. The van der Waals surface area contributed by atoms with Crippen LogP contribution in [0.25, 0.3) is 11.4 Å². The smallest absolute Gasteiger partial charge is 0.369 e. The summed E-state index contributed by atoms with van der Waals surface area (Å²) in [5, 5.41) is 0. The first-order chi connectivity index (χ1) is 12.3. The topological polar surface area (TPSA) is 88.8 Å². The summed E-state index contributed by atoms with van der Waals surface area (Å²) in [6, 6.07) is 1.67. The van der Waals surface area contributed by atoms with Gasteiger partial charge in [-0.1, -0.05) is 19.9 Å². The number of nitrogens with zero attached hydrogens (tertiary/aromatic N) is 1. The van der Waals surface area contributed by atoms with Crippen LogP contribution in [-0.2, 0) is 17.4 Å². The van der Waals surface area contributed by atoms with Crippen LogP contribution in [0.4, 0.5) is 17.6 Å². The SMILES string of the molecule is Cc1nc(-c2c(C(F)(F)F)ccc(CC(C)(C)C(N)=O)c2F)[nH]c(=O)c1C. The largest absolute Gasteiger partial charge is 0.417 e.